The molecule has 1 aromatic carbocycles. The molecule has 0 aliphatic carbocycles. The van der Waals surface area contributed by atoms with Crippen molar-refractivity contribution in [2.45, 2.75) is 43.3 Å². The first-order valence-corrected chi connectivity index (χ1v) is 9.95. The molecule has 3 rings (SSSR count). The Labute approximate surface area is 157 Å². The van der Waals surface area contributed by atoms with Crippen LogP contribution < -0.4 is 16.0 Å². The van der Waals surface area contributed by atoms with Crippen LogP contribution in [0.1, 0.15) is 20.3 Å². The van der Waals surface area contributed by atoms with Crippen LogP contribution in [0.4, 0.5) is 10.5 Å². The van der Waals surface area contributed by atoms with Gasteiger partial charge in [0.1, 0.15) is 12.1 Å². The summed E-state index contributed by atoms with van der Waals surface area (Å²) >= 11 is 1.59. The first-order valence-electron chi connectivity index (χ1n) is 8.73. The summed E-state index contributed by atoms with van der Waals surface area (Å²) in [6.07, 6.45) is 2.53. The maximum absolute atomic E-state index is 12.6. The second-order valence-corrected chi connectivity index (χ2v) is 7.81. The predicted molar refractivity (Wildman–Crippen MR) is 101 cm³/mol. The van der Waals surface area contributed by atoms with E-state index in [1.54, 1.807) is 16.7 Å². The van der Waals surface area contributed by atoms with E-state index < -0.39 is 18.1 Å². The van der Waals surface area contributed by atoms with Gasteiger partial charge in [-0.1, -0.05) is 19.9 Å². The largest absolute Gasteiger partial charge is 0.342 e. The molecular formula is C18H24N4O3S. The fourth-order valence-electron chi connectivity index (χ4n) is 3.48. The number of amides is 4. The van der Waals surface area contributed by atoms with Gasteiger partial charge in [0.2, 0.25) is 11.8 Å². The molecule has 2 aliphatic heterocycles. The Bertz CT molecular complexity index is 724. The molecule has 2 fully saturated rings. The van der Waals surface area contributed by atoms with Gasteiger partial charge in [-0.3, -0.25) is 9.59 Å². The molecule has 2 heterocycles. The quantitative estimate of drug-likeness (QED) is 0.697. The van der Waals surface area contributed by atoms with E-state index in [0.29, 0.717) is 18.7 Å². The number of carbonyl (C=O) groups excluding carboxylic acids is 3. The van der Waals surface area contributed by atoms with Gasteiger partial charge in [-0.05, 0) is 36.8 Å². The van der Waals surface area contributed by atoms with Crippen LogP contribution in [0.15, 0.2) is 29.2 Å². The molecule has 26 heavy (non-hydrogen) atoms. The number of urea groups is 1. The highest BCUT2D eigenvalue weighted by Crippen LogP contribution is 2.25. The minimum absolute atomic E-state index is 0.0337. The zero-order valence-corrected chi connectivity index (χ0v) is 15.9. The summed E-state index contributed by atoms with van der Waals surface area (Å²) in [4.78, 5) is 40.0. The Morgan fingerprint density at radius 2 is 2.12 bits per heavy atom. The number of anilines is 1. The Morgan fingerprint density at radius 1 is 1.35 bits per heavy atom. The predicted octanol–water partition coefficient (Wildman–Crippen LogP) is 1.65. The summed E-state index contributed by atoms with van der Waals surface area (Å²) in [6, 6.07) is 5.64. The molecule has 140 valence electrons. The highest BCUT2D eigenvalue weighted by atomic mass is 32.2. The van der Waals surface area contributed by atoms with Gasteiger partial charge in [0.25, 0.3) is 0 Å². The van der Waals surface area contributed by atoms with E-state index in [0.717, 1.165) is 4.90 Å². The number of hydrogen-bond acceptors (Lipinski definition) is 4. The minimum atomic E-state index is -0.638. The molecule has 4 amide bonds. The number of hydrogen-bond donors (Lipinski definition) is 3. The van der Waals surface area contributed by atoms with Crippen molar-refractivity contribution in [3.8, 4) is 0 Å². The third-order valence-electron chi connectivity index (χ3n) is 4.82. The van der Waals surface area contributed by atoms with E-state index in [1.807, 2.05) is 44.4 Å². The minimum Gasteiger partial charge on any atom is -0.342 e. The fourth-order valence-corrected chi connectivity index (χ4v) is 3.94. The van der Waals surface area contributed by atoms with Gasteiger partial charge in [-0.2, -0.15) is 0 Å². The van der Waals surface area contributed by atoms with Gasteiger partial charge in [-0.15, -0.1) is 11.8 Å². The van der Waals surface area contributed by atoms with Crippen molar-refractivity contribution < 1.29 is 14.4 Å². The molecule has 8 heteroatoms. The van der Waals surface area contributed by atoms with Crippen molar-refractivity contribution in [3.63, 3.8) is 0 Å². The zero-order valence-electron chi connectivity index (χ0n) is 15.1. The molecule has 0 bridgehead atoms. The number of nitrogens with one attached hydrogen (secondary N) is 3. The topological polar surface area (TPSA) is 90.5 Å². The van der Waals surface area contributed by atoms with Crippen LogP contribution in [0.25, 0.3) is 0 Å². The van der Waals surface area contributed by atoms with Crippen molar-refractivity contribution in [1.82, 2.24) is 15.5 Å². The van der Waals surface area contributed by atoms with E-state index in [2.05, 4.69) is 16.0 Å². The van der Waals surface area contributed by atoms with Gasteiger partial charge in [0.05, 0.1) is 6.04 Å². The first-order chi connectivity index (χ1) is 12.4. The zero-order chi connectivity index (χ0) is 18.8. The molecule has 0 unspecified atom stereocenters. The number of rotatable bonds is 4. The molecule has 7 nitrogen and oxygen atoms in total. The van der Waals surface area contributed by atoms with Gasteiger partial charge < -0.3 is 20.9 Å². The normalized spacial score (nSPS) is 25.1. The lowest BCUT2D eigenvalue weighted by molar-refractivity contribution is -0.148. The van der Waals surface area contributed by atoms with E-state index in [9.17, 15) is 14.4 Å². The van der Waals surface area contributed by atoms with Crippen LogP contribution in [0.2, 0.25) is 0 Å². The highest BCUT2D eigenvalue weighted by molar-refractivity contribution is 7.98. The molecule has 0 saturated carbocycles. The molecule has 2 saturated heterocycles. The van der Waals surface area contributed by atoms with Crippen LogP contribution in [-0.2, 0) is 9.59 Å². The first kappa shape index (κ1) is 18.6. The lowest BCUT2D eigenvalue weighted by atomic mass is 9.97. The summed E-state index contributed by atoms with van der Waals surface area (Å²) in [6.45, 7) is 4.29. The lowest BCUT2D eigenvalue weighted by Gasteiger charge is -2.37. The number of nitrogens with zero attached hydrogens (tertiary/aromatic N) is 1. The van der Waals surface area contributed by atoms with E-state index in [1.165, 1.54) is 0 Å². The molecule has 1 aromatic rings. The van der Waals surface area contributed by atoms with Crippen molar-refractivity contribution in [1.29, 1.82) is 0 Å². The van der Waals surface area contributed by atoms with Gasteiger partial charge in [-0.25, -0.2) is 4.79 Å². The van der Waals surface area contributed by atoms with Crippen molar-refractivity contribution in [2.75, 3.05) is 18.1 Å². The van der Waals surface area contributed by atoms with Crippen molar-refractivity contribution in [3.05, 3.63) is 24.3 Å². The van der Waals surface area contributed by atoms with Crippen LogP contribution >= 0.6 is 11.8 Å². The Kier molecular flexibility index (Phi) is 5.41. The Morgan fingerprint density at radius 3 is 2.81 bits per heavy atom. The number of carbonyl (C=O) groups is 3. The number of fused-ring (bicyclic) bond motifs is 1. The summed E-state index contributed by atoms with van der Waals surface area (Å²) < 4.78 is 0. The van der Waals surface area contributed by atoms with Crippen LogP contribution in [0.5, 0.6) is 0 Å². The molecule has 3 N–H and O–H groups in total. The summed E-state index contributed by atoms with van der Waals surface area (Å²) in [5.41, 5.74) is 0.688. The third-order valence-corrected chi connectivity index (χ3v) is 5.55. The molecular weight excluding hydrogens is 352 g/mol. The standard InChI is InChI=1S/C18H24N4O3S/c1-10(2)14-17(24)22-8-7-13(15(22)16(23)21-14)20-18(25)19-11-5-4-6-12(9-11)26-3/h4-6,9-10,13-15H,7-8H2,1-3H3,(H,21,23)(H2,19,20,25)/t13-,14+,15-/m0/s1. The number of benzene rings is 1. The van der Waals surface area contributed by atoms with Gasteiger partial charge in [0, 0.05) is 17.1 Å². The van der Waals surface area contributed by atoms with E-state index >= 15 is 0 Å². The Hall–Kier alpha value is -2.22. The average molecular weight is 376 g/mol. The second-order valence-electron chi connectivity index (χ2n) is 6.93. The molecule has 0 radical (unpaired) electrons. The number of thioether (sulfide) groups is 1. The third kappa shape index (κ3) is 3.65. The molecule has 0 spiro atoms. The van der Waals surface area contributed by atoms with Crippen molar-refractivity contribution >= 4 is 35.3 Å². The van der Waals surface area contributed by atoms with Crippen LogP contribution in [0, 0.1) is 5.92 Å². The average Bonchev–Trinajstić information content (AvgIpc) is 3.02. The summed E-state index contributed by atoms with van der Waals surface area (Å²) in [7, 11) is 0. The second kappa shape index (κ2) is 7.57. The van der Waals surface area contributed by atoms with E-state index in [4.69, 9.17) is 0 Å². The van der Waals surface area contributed by atoms with E-state index in [-0.39, 0.29) is 23.8 Å². The van der Waals surface area contributed by atoms with Gasteiger partial charge >= 0.3 is 6.03 Å². The maximum Gasteiger partial charge on any atom is 0.319 e. The number of piperazine rings is 1. The van der Waals surface area contributed by atoms with Crippen LogP contribution in [-0.4, -0.2) is 53.7 Å². The molecule has 2 aliphatic rings. The maximum atomic E-state index is 12.6. The lowest BCUT2D eigenvalue weighted by Crippen LogP contribution is -2.66. The summed E-state index contributed by atoms with van der Waals surface area (Å²) in [5, 5.41) is 8.44. The van der Waals surface area contributed by atoms with Gasteiger partial charge in [0.15, 0.2) is 0 Å². The molecule has 3 atom stereocenters. The summed E-state index contributed by atoms with van der Waals surface area (Å²) in [5.74, 6) is -0.233. The molecule has 0 aromatic heterocycles. The van der Waals surface area contributed by atoms with Crippen molar-refractivity contribution in [2.24, 2.45) is 5.92 Å². The monoisotopic (exact) mass is 376 g/mol. The SMILES string of the molecule is CSc1cccc(NC(=O)N[C@H]2CCN3C(=O)[C@@H](C(C)C)NC(=O)[C@H]23)c1. The smallest absolute Gasteiger partial charge is 0.319 e. The fraction of sp³-hybridized carbons (Fsp3) is 0.500. The Balaban J connectivity index is 1.65. The van der Waals surface area contributed by atoms with Crippen LogP contribution in [0.3, 0.4) is 0 Å². The highest BCUT2D eigenvalue weighted by Gasteiger charge is 2.49.